The number of amides is 7. The molecule has 7 atom stereocenters. The van der Waals surface area contributed by atoms with E-state index in [-0.39, 0.29) is 63.7 Å². The molecule has 5 aliphatic rings. The van der Waals surface area contributed by atoms with Gasteiger partial charge in [-0.25, -0.2) is 19.7 Å². The number of aliphatic hydroxyl groups is 6. The molecular weight excluding hydrogens is 1780 g/mol. The van der Waals surface area contributed by atoms with Crippen molar-refractivity contribution in [2.24, 2.45) is 62.4 Å². The second kappa shape index (κ2) is 43.4. The van der Waals surface area contributed by atoms with Gasteiger partial charge in [-0.2, -0.15) is 25.5 Å². The number of halogens is 5. The molecule has 0 bridgehead atoms. The van der Waals surface area contributed by atoms with Crippen LogP contribution in [0.4, 0.5) is 9.59 Å². The van der Waals surface area contributed by atoms with E-state index in [0.29, 0.717) is 95.0 Å². The van der Waals surface area contributed by atoms with Gasteiger partial charge in [-0.15, -0.1) is 0 Å². The molecule has 5 aliphatic heterocycles. The average molecular weight is 1910 g/mol. The van der Waals surface area contributed by atoms with Crippen molar-refractivity contribution in [3.63, 3.8) is 0 Å². The van der Waals surface area contributed by atoms with E-state index in [1.165, 1.54) is 26.1 Å². The van der Waals surface area contributed by atoms with Gasteiger partial charge in [0.05, 0.1) is 109 Å². The molecule has 0 aliphatic carbocycles. The molecule has 0 radical (unpaired) electrons. The number of carbonyl (C=O) groups is 5. The number of aromatic nitrogens is 10. The Balaban J connectivity index is 0.000000158. The predicted octanol–water partition coefficient (Wildman–Crippen LogP) is 15.5. The van der Waals surface area contributed by atoms with Gasteiger partial charge in [0.2, 0.25) is 11.8 Å². The quantitative estimate of drug-likeness (QED) is 0.0249. The van der Waals surface area contributed by atoms with Gasteiger partial charge in [0.15, 0.2) is 0 Å². The molecule has 0 unspecified atom stereocenters. The highest BCUT2D eigenvalue weighted by molar-refractivity contribution is 6.33. The van der Waals surface area contributed by atoms with E-state index in [0.717, 1.165) is 160 Å². The lowest BCUT2D eigenvalue weighted by Crippen LogP contribution is -2.48. The van der Waals surface area contributed by atoms with Crippen molar-refractivity contribution in [2.45, 2.75) is 190 Å². The highest BCUT2D eigenvalue weighted by Crippen LogP contribution is 2.53. The van der Waals surface area contributed by atoms with E-state index >= 15 is 0 Å². The van der Waals surface area contributed by atoms with Crippen molar-refractivity contribution in [1.29, 1.82) is 0 Å². The topological polar surface area (TPSA) is 440 Å². The minimum Gasteiger partial charge on any atom is -0.388 e. The first-order valence-electron chi connectivity index (χ1n) is 45.0. The molecule has 32 nitrogen and oxygen atoms in total. The summed E-state index contributed by atoms with van der Waals surface area (Å²) in [7, 11) is 6.20. The number of benzene rings is 5. The fourth-order valence-electron chi connectivity index (χ4n) is 19.9. The fourth-order valence-corrected chi connectivity index (χ4v) is 21.1. The molecule has 716 valence electrons. The van der Waals surface area contributed by atoms with E-state index in [1.54, 1.807) is 84.9 Å². The lowest BCUT2D eigenvalue weighted by atomic mass is 9.68. The van der Waals surface area contributed by atoms with Crippen LogP contribution >= 0.6 is 58.0 Å². The third kappa shape index (κ3) is 23.3. The Kier molecular flexibility index (Phi) is 34.1. The highest BCUT2D eigenvalue weighted by Gasteiger charge is 2.47. The number of hydroxylamine groups is 4. The molecule has 15 N–H and O–H groups in total. The minimum absolute atomic E-state index is 0.00388. The monoisotopic (exact) mass is 1910 g/mol. The number of nitrogens with zero attached hydrogens (tertiary/aromatic N) is 12. The number of aromatic amines is 5. The Morgan fingerprint density at radius 3 is 0.840 bits per heavy atom. The van der Waals surface area contributed by atoms with Gasteiger partial charge in [-0.3, -0.25) is 49.9 Å². The van der Waals surface area contributed by atoms with Crippen molar-refractivity contribution in [3.05, 3.63) is 145 Å². The minimum atomic E-state index is -0.967. The van der Waals surface area contributed by atoms with Crippen molar-refractivity contribution >= 4 is 142 Å². The van der Waals surface area contributed by atoms with E-state index < -0.39 is 59.5 Å². The van der Waals surface area contributed by atoms with E-state index in [1.807, 2.05) is 66.1 Å². The van der Waals surface area contributed by atoms with Gasteiger partial charge in [0, 0.05) is 159 Å². The van der Waals surface area contributed by atoms with E-state index in [4.69, 9.17) is 68.6 Å². The number of rotatable bonds is 20. The van der Waals surface area contributed by atoms with Gasteiger partial charge in [-0.05, 0) is 202 Å². The normalized spacial score (nSPS) is 18.1. The molecule has 5 fully saturated rings. The maximum Gasteiger partial charge on any atom is 0.343 e. The van der Waals surface area contributed by atoms with E-state index in [2.05, 4.69) is 112 Å². The van der Waals surface area contributed by atoms with Crippen LogP contribution in [0.1, 0.15) is 206 Å². The molecule has 37 heteroatoms. The summed E-state index contributed by atoms with van der Waals surface area (Å²) in [4.78, 5) is 74.1. The third-order valence-corrected chi connectivity index (χ3v) is 30.0. The van der Waals surface area contributed by atoms with Crippen LogP contribution in [-0.2, 0) is 19.2 Å². The van der Waals surface area contributed by atoms with Gasteiger partial charge in [-0.1, -0.05) is 127 Å². The predicted molar refractivity (Wildman–Crippen MR) is 510 cm³/mol. The molecule has 5 aromatic carbocycles. The van der Waals surface area contributed by atoms with Crippen molar-refractivity contribution in [3.8, 4) is 0 Å². The Hall–Kier alpha value is -8.55. The van der Waals surface area contributed by atoms with E-state index in [9.17, 15) is 59.8 Å². The number of likely N-dealkylation sites (N-methyl/N-ethyl adjacent to an activating group) is 1. The molecule has 131 heavy (non-hydrogen) atoms. The summed E-state index contributed by atoms with van der Waals surface area (Å²) < 4.78 is 0. The number of urea groups is 2. The number of fused-ring (bicyclic) bond motifs is 5. The molecule has 5 saturated heterocycles. The summed E-state index contributed by atoms with van der Waals surface area (Å²) in [5.41, 5.74) is 11.7. The summed E-state index contributed by atoms with van der Waals surface area (Å²) in [5, 5.41) is 122. The number of piperidine rings is 5. The maximum atomic E-state index is 12.2. The largest absolute Gasteiger partial charge is 0.388 e. The van der Waals surface area contributed by atoms with Crippen LogP contribution in [-0.4, -0.2) is 264 Å². The van der Waals surface area contributed by atoms with Crippen LogP contribution in [0.2, 0.25) is 25.1 Å². The number of nitrogens with two attached hydrogens (primary N) is 1. The maximum absolute atomic E-state index is 12.2. The number of nitrogens with one attached hydrogen (secondary N) is 6. The van der Waals surface area contributed by atoms with Crippen LogP contribution in [0.25, 0.3) is 54.5 Å². The summed E-state index contributed by atoms with van der Waals surface area (Å²) in [6.45, 7) is 30.7. The standard InChI is InChI=1S/C19H27ClN4O3.2C19H27ClN4O2.C19H26ClN3O3.C18H25ClN4O3/c1-19(2,13-5-7-24(8-6-13)18(26)23(3)27-4)17(25)15-10-14(20)9-12-11-21-22-16(12)15;1-19(2,13-4-6-24(7-5-13)16(25)11-21-3)18(26)15-9-14(20)8-12-10-22-23-17(12)15;1-11(21)18(26)24-6-4-13(5-7-24)19(2,3)17(25)15-9-14(20)8-12-10-22-23-16(12)15;1-11(24)18(26)23-6-4-13(5-7-23)19(2,3)17(25)15-9-14(20)8-12-10-21-22-16(12)15;1-18(2,12-4-6-23(7-5-12)17(25)22(3)26)16(24)14-9-13(19)8-11-10-20-21-15(11)14/h9-11,13,17,25H,5-8H2,1-4H3,(H,21,22);8-10,13,18,21,26H,4-7,11H2,1-3H3,(H,22,23);8-11,13,17,25H,4-7,21H2,1-3H3,(H,22,23);8-11,13,17,24-25H,4-7H2,1-3H3,(H,21,22);8-10,12,16,24,26H,4-7H2,1-3H3,(H,20,21)/t17-;18-;11-,17+;11-,17-;16-/m11011/s1. The molecule has 10 heterocycles. The highest BCUT2D eigenvalue weighted by atomic mass is 35.5. The molecule has 10 aromatic rings. The first-order valence-corrected chi connectivity index (χ1v) is 46.9. The first-order chi connectivity index (χ1) is 61.7. The Morgan fingerprint density at radius 1 is 0.405 bits per heavy atom. The SMILES string of the molecule is CN(O)C(=O)N1CCC(C(C)(C)[C@H](O)c2cc(Cl)cc3cn[nH]c23)CC1.CNCC(=O)N1CCC(C(C)(C)[C@H](O)c2cc(Cl)cc3cn[nH]c23)CC1.CON(C)C(=O)N1CCC(C(C)(C)[C@H](O)c2cc(Cl)cc3cn[nH]c23)CC1.C[C@@H](O)C(=O)N1CCC(C(C)(C)[C@H](O)c2cc(Cl)cc3cn[nH]c23)CC1.C[C@H](N)C(=O)N1CCC(C(C)(C)[C@H](O)c2cc(Cl)cc3cn[nH]c23)CC1. The fraction of sp³-hybridized carbons (Fsp3) is 0.574. The molecule has 7 amide bonds. The zero-order valence-electron chi connectivity index (χ0n) is 77.9. The lowest BCUT2D eigenvalue weighted by molar-refractivity contribution is -0.142. The molecular formula is C94H132Cl5N19O13. The lowest BCUT2D eigenvalue weighted by Gasteiger charge is -2.43. The Morgan fingerprint density at radius 2 is 0.626 bits per heavy atom. The van der Waals surface area contributed by atoms with Crippen LogP contribution < -0.4 is 11.1 Å². The van der Waals surface area contributed by atoms with Gasteiger partial charge < -0.3 is 66.2 Å². The van der Waals surface area contributed by atoms with Crippen LogP contribution in [0.3, 0.4) is 0 Å². The Labute approximate surface area is 790 Å². The first kappa shape index (κ1) is 103. The number of hydrogen-bond donors (Lipinski definition) is 14. The second-order valence-electron chi connectivity index (χ2n) is 38.9. The summed E-state index contributed by atoms with van der Waals surface area (Å²) in [6.07, 6.45) is 12.2. The molecule has 15 rings (SSSR count). The van der Waals surface area contributed by atoms with Crippen LogP contribution in [0.5, 0.6) is 0 Å². The van der Waals surface area contributed by atoms with Crippen LogP contribution in [0.15, 0.2) is 91.6 Å². The third-order valence-electron chi connectivity index (χ3n) is 28.9. The van der Waals surface area contributed by atoms with Crippen molar-refractivity contribution in [1.82, 2.24) is 90.9 Å². The van der Waals surface area contributed by atoms with Crippen LogP contribution in [0, 0.1) is 56.7 Å². The summed E-state index contributed by atoms with van der Waals surface area (Å²) >= 11 is 31.2. The van der Waals surface area contributed by atoms with Gasteiger partial charge >= 0.3 is 12.1 Å². The zero-order chi connectivity index (χ0) is 95.8. The molecule has 0 spiro atoms. The number of hydrogen-bond acceptors (Lipinski definition) is 20. The number of carbonyl (C=O) groups excluding carboxylic acids is 5. The van der Waals surface area contributed by atoms with Gasteiger partial charge in [0.1, 0.15) is 6.10 Å². The molecule has 0 saturated carbocycles. The molecule has 5 aromatic heterocycles. The van der Waals surface area contributed by atoms with Gasteiger partial charge in [0.25, 0.3) is 5.91 Å². The van der Waals surface area contributed by atoms with Crippen molar-refractivity contribution < 1.29 is 64.7 Å². The average Bonchev–Trinajstić information content (AvgIpc) is 1.78. The zero-order valence-corrected chi connectivity index (χ0v) is 81.6. The second-order valence-corrected chi connectivity index (χ2v) is 41.1. The number of H-pyrrole nitrogens is 5. The number of aliphatic hydroxyl groups excluding tert-OH is 6. The number of likely N-dealkylation sites (tertiary alicyclic amines) is 5. The summed E-state index contributed by atoms with van der Waals surface area (Å²) in [5.74, 6) is 1.24. The summed E-state index contributed by atoms with van der Waals surface area (Å²) in [6, 6.07) is 17.2. The smallest absolute Gasteiger partial charge is 0.343 e. The Bertz CT molecular complexity index is 5220. The van der Waals surface area contributed by atoms with Crippen molar-refractivity contribution in [2.75, 3.05) is 100 Å².